The zero-order valence-electron chi connectivity index (χ0n) is 24.0. The highest BCUT2D eigenvalue weighted by molar-refractivity contribution is 5.81. The Hall–Kier alpha value is -3.01. The summed E-state index contributed by atoms with van der Waals surface area (Å²) in [7, 11) is 1.76. The molecule has 4 rings (SSSR count). The molecule has 2 unspecified atom stereocenters. The van der Waals surface area contributed by atoms with E-state index in [9.17, 15) is 14.7 Å². The first-order chi connectivity index (χ1) is 18.4. The Balaban J connectivity index is 1.62. The first-order valence-electron chi connectivity index (χ1n) is 13.8. The van der Waals surface area contributed by atoms with Crippen molar-refractivity contribution in [2.24, 2.45) is 18.4 Å². The minimum Gasteiger partial charge on any atom is -0.464 e. The van der Waals surface area contributed by atoms with Gasteiger partial charge in [-0.15, -0.1) is 0 Å². The van der Waals surface area contributed by atoms with Crippen molar-refractivity contribution < 1.29 is 19.4 Å². The van der Waals surface area contributed by atoms with Gasteiger partial charge in [-0.1, -0.05) is 26.8 Å². The SMILES string of the molecule is Cc1cc(-c2nc3cc(CNC(C(=O)OCC(C)(C)C)C(C)O)ccc3n2CC2CCOCC2)cn(C)c1=O. The predicted octanol–water partition coefficient (Wildman–Crippen LogP) is 3.57. The number of nitrogens with one attached hydrogen (secondary N) is 1. The number of aliphatic hydroxyl groups excluding tert-OH is 1. The van der Waals surface area contributed by atoms with Crippen LogP contribution < -0.4 is 10.9 Å². The molecule has 3 heterocycles. The average Bonchev–Trinajstić information content (AvgIpc) is 3.23. The Kier molecular flexibility index (Phi) is 8.93. The van der Waals surface area contributed by atoms with Gasteiger partial charge in [-0.25, -0.2) is 4.98 Å². The lowest BCUT2D eigenvalue weighted by atomic mass is 9.98. The standard InChI is InChI=1S/C30H42N4O5/c1-19-13-23(17-33(6)28(19)36)27-32-24-14-22(7-8-25(24)34(27)16-21-9-11-38-12-10-21)15-31-26(20(2)35)29(37)39-18-30(3,4)5/h7-8,13-14,17,20-21,26,31,35H,9-12,15-16,18H2,1-6H3. The summed E-state index contributed by atoms with van der Waals surface area (Å²) in [6.07, 6.45) is 2.94. The largest absolute Gasteiger partial charge is 0.464 e. The molecule has 0 amide bonds. The van der Waals surface area contributed by atoms with Crippen molar-refractivity contribution in [1.82, 2.24) is 19.4 Å². The van der Waals surface area contributed by atoms with Gasteiger partial charge in [-0.3, -0.25) is 14.9 Å². The minimum atomic E-state index is -0.903. The number of esters is 1. The highest BCUT2D eigenvalue weighted by atomic mass is 16.5. The number of aryl methyl sites for hydroxylation is 2. The molecule has 1 fully saturated rings. The van der Waals surface area contributed by atoms with Crippen molar-refractivity contribution >= 4 is 17.0 Å². The average molecular weight is 539 g/mol. The number of aromatic nitrogens is 3. The summed E-state index contributed by atoms with van der Waals surface area (Å²) >= 11 is 0. The molecule has 0 bridgehead atoms. The van der Waals surface area contributed by atoms with E-state index in [-0.39, 0.29) is 17.6 Å². The fourth-order valence-corrected chi connectivity index (χ4v) is 4.93. The molecule has 3 aromatic rings. The van der Waals surface area contributed by atoms with Gasteiger partial charge in [0.05, 0.1) is 23.7 Å². The number of hydrogen-bond donors (Lipinski definition) is 2. The van der Waals surface area contributed by atoms with Crippen LogP contribution in [-0.4, -0.2) is 57.2 Å². The van der Waals surface area contributed by atoms with E-state index in [1.165, 1.54) is 0 Å². The van der Waals surface area contributed by atoms with Crippen LogP contribution in [0.1, 0.15) is 51.7 Å². The second-order valence-electron chi connectivity index (χ2n) is 12.0. The molecule has 2 N–H and O–H groups in total. The predicted molar refractivity (Wildman–Crippen MR) is 151 cm³/mol. The summed E-state index contributed by atoms with van der Waals surface area (Å²) in [5.74, 6) is 0.845. The third kappa shape index (κ3) is 7.15. The summed E-state index contributed by atoms with van der Waals surface area (Å²) in [4.78, 5) is 30.0. The van der Waals surface area contributed by atoms with E-state index < -0.39 is 18.1 Å². The molecule has 39 heavy (non-hydrogen) atoms. The molecule has 0 saturated carbocycles. The lowest BCUT2D eigenvalue weighted by Crippen LogP contribution is -2.46. The Labute approximate surface area is 230 Å². The van der Waals surface area contributed by atoms with Crippen LogP contribution in [0.15, 0.2) is 35.3 Å². The highest BCUT2D eigenvalue weighted by Gasteiger charge is 2.27. The van der Waals surface area contributed by atoms with Gasteiger partial charge in [0.1, 0.15) is 11.9 Å². The first kappa shape index (κ1) is 29.0. The third-order valence-electron chi connectivity index (χ3n) is 7.12. The normalized spacial score (nSPS) is 16.4. The van der Waals surface area contributed by atoms with Gasteiger partial charge in [0.25, 0.3) is 5.56 Å². The molecule has 9 heteroatoms. The van der Waals surface area contributed by atoms with E-state index in [1.54, 1.807) is 18.5 Å². The third-order valence-corrected chi connectivity index (χ3v) is 7.12. The van der Waals surface area contributed by atoms with Gasteiger partial charge in [-0.2, -0.15) is 0 Å². The summed E-state index contributed by atoms with van der Waals surface area (Å²) < 4.78 is 14.9. The molecule has 0 radical (unpaired) electrons. The zero-order chi connectivity index (χ0) is 28.3. The van der Waals surface area contributed by atoms with E-state index in [2.05, 4.69) is 16.0 Å². The number of carbonyl (C=O) groups excluding carboxylic acids is 1. The number of fused-ring (bicyclic) bond motifs is 1. The van der Waals surface area contributed by atoms with E-state index >= 15 is 0 Å². The van der Waals surface area contributed by atoms with Crippen LogP contribution in [0, 0.1) is 18.3 Å². The number of carbonyl (C=O) groups is 1. The Morgan fingerprint density at radius 2 is 1.97 bits per heavy atom. The topological polar surface area (TPSA) is 108 Å². The van der Waals surface area contributed by atoms with Crippen molar-refractivity contribution in [3.8, 4) is 11.4 Å². The zero-order valence-corrected chi connectivity index (χ0v) is 24.0. The van der Waals surface area contributed by atoms with E-state index in [1.807, 2.05) is 52.1 Å². The van der Waals surface area contributed by atoms with Gasteiger partial charge in [-0.05, 0) is 61.8 Å². The maximum Gasteiger partial charge on any atom is 0.325 e. The Morgan fingerprint density at radius 1 is 1.26 bits per heavy atom. The molecule has 1 aliphatic heterocycles. The van der Waals surface area contributed by atoms with Crippen molar-refractivity contribution in [3.05, 3.63) is 51.9 Å². The smallest absolute Gasteiger partial charge is 0.325 e. The summed E-state index contributed by atoms with van der Waals surface area (Å²) in [6, 6.07) is 7.17. The summed E-state index contributed by atoms with van der Waals surface area (Å²) in [5, 5.41) is 13.4. The number of pyridine rings is 1. The molecule has 9 nitrogen and oxygen atoms in total. The maximum absolute atomic E-state index is 12.6. The molecular weight excluding hydrogens is 496 g/mol. The number of nitrogens with zero attached hydrogens (tertiary/aromatic N) is 3. The lowest BCUT2D eigenvalue weighted by Gasteiger charge is -2.24. The summed E-state index contributed by atoms with van der Waals surface area (Å²) in [5.41, 5.74) is 4.19. The first-order valence-corrected chi connectivity index (χ1v) is 13.8. The second-order valence-corrected chi connectivity index (χ2v) is 12.0. The number of ether oxygens (including phenoxy) is 2. The van der Waals surface area contributed by atoms with Gasteiger partial charge >= 0.3 is 5.97 Å². The number of imidazole rings is 1. The minimum absolute atomic E-state index is 0.0205. The number of hydrogen-bond acceptors (Lipinski definition) is 7. The maximum atomic E-state index is 12.6. The molecule has 1 saturated heterocycles. The number of rotatable bonds is 9. The van der Waals surface area contributed by atoms with Crippen molar-refractivity contribution in [2.75, 3.05) is 19.8 Å². The van der Waals surface area contributed by atoms with Crippen LogP contribution in [0.25, 0.3) is 22.4 Å². The molecule has 1 aromatic carbocycles. The van der Waals surface area contributed by atoms with Crippen LogP contribution >= 0.6 is 0 Å². The van der Waals surface area contributed by atoms with Crippen molar-refractivity contribution in [1.29, 1.82) is 0 Å². The van der Waals surface area contributed by atoms with Gasteiger partial charge in [0.15, 0.2) is 0 Å². The van der Waals surface area contributed by atoms with Crippen molar-refractivity contribution in [3.63, 3.8) is 0 Å². The quantitative estimate of drug-likeness (QED) is 0.401. The van der Waals surface area contributed by atoms with Crippen LogP contribution in [0.2, 0.25) is 0 Å². The van der Waals surface area contributed by atoms with Gasteiger partial charge in [0.2, 0.25) is 0 Å². The van der Waals surface area contributed by atoms with Crippen LogP contribution in [0.5, 0.6) is 0 Å². The van der Waals surface area contributed by atoms with Crippen LogP contribution in [-0.2, 0) is 34.4 Å². The fourth-order valence-electron chi connectivity index (χ4n) is 4.93. The fraction of sp³-hybridized carbons (Fsp3) is 0.567. The lowest BCUT2D eigenvalue weighted by molar-refractivity contribution is -0.151. The Morgan fingerprint density at radius 3 is 2.62 bits per heavy atom. The van der Waals surface area contributed by atoms with Crippen LogP contribution in [0.3, 0.4) is 0 Å². The number of aliphatic hydroxyl groups is 1. The molecule has 2 aromatic heterocycles. The van der Waals surface area contributed by atoms with Crippen LogP contribution in [0.4, 0.5) is 0 Å². The Bertz CT molecular complexity index is 1340. The highest BCUT2D eigenvalue weighted by Crippen LogP contribution is 2.29. The molecule has 212 valence electrons. The second kappa shape index (κ2) is 12.0. The monoisotopic (exact) mass is 538 g/mol. The van der Waals surface area contributed by atoms with E-state index in [4.69, 9.17) is 14.5 Å². The number of benzene rings is 1. The van der Waals surface area contributed by atoms with E-state index in [0.29, 0.717) is 18.0 Å². The van der Waals surface area contributed by atoms with Crippen molar-refractivity contribution in [2.45, 2.75) is 72.7 Å². The molecule has 1 aliphatic rings. The molecule has 0 aliphatic carbocycles. The molecule has 2 atom stereocenters. The molecular formula is C30H42N4O5. The van der Waals surface area contributed by atoms with Gasteiger partial charge in [0, 0.05) is 50.7 Å². The summed E-state index contributed by atoms with van der Waals surface area (Å²) in [6.45, 7) is 12.4. The molecule has 0 spiro atoms. The van der Waals surface area contributed by atoms with E-state index in [0.717, 1.165) is 60.6 Å². The van der Waals surface area contributed by atoms with Gasteiger partial charge < -0.3 is 23.7 Å².